The maximum atomic E-state index is 11.2. The Kier molecular flexibility index (Phi) is 4.22. The van der Waals surface area contributed by atoms with E-state index >= 15 is 0 Å². The van der Waals surface area contributed by atoms with E-state index in [2.05, 4.69) is 5.32 Å². The number of carbonyl (C=O) groups is 1. The third-order valence-corrected chi connectivity index (χ3v) is 2.56. The summed E-state index contributed by atoms with van der Waals surface area (Å²) in [6, 6.07) is 0.351. The van der Waals surface area contributed by atoms with Crippen molar-refractivity contribution in [2.45, 2.75) is 51.2 Å². The van der Waals surface area contributed by atoms with E-state index in [1.165, 1.54) is 0 Å². The highest BCUT2D eigenvalue weighted by molar-refractivity contribution is 5.76. The van der Waals surface area contributed by atoms with E-state index in [4.69, 9.17) is 4.74 Å². The van der Waals surface area contributed by atoms with E-state index in [1.54, 1.807) is 7.11 Å². The number of nitrogens with one attached hydrogen (secondary N) is 1. The molecule has 0 spiro atoms. The first-order valence-electron chi connectivity index (χ1n) is 5.08. The van der Waals surface area contributed by atoms with Gasteiger partial charge in [0.25, 0.3) is 0 Å². The third-order valence-electron chi connectivity index (χ3n) is 2.56. The predicted molar refractivity (Wildman–Crippen MR) is 51.5 cm³/mol. The molecule has 0 bridgehead atoms. The van der Waals surface area contributed by atoms with Gasteiger partial charge in [0.2, 0.25) is 5.91 Å². The maximum Gasteiger partial charge on any atom is 0.220 e. The second kappa shape index (κ2) is 5.22. The Hall–Kier alpha value is -0.570. The third kappa shape index (κ3) is 3.35. The van der Waals surface area contributed by atoms with Gasteiger partial charge in [-0.05, 0) is 25.7 Å². The summed E-state index contributed by atoms with van der Waals surface area (Å²) in [5.41, 5.74) is 0. The molecule has 13 heavy (non-hydrogen) atoms. The van der Waals surface area contributed by atoms with Gasteiger partial charge in [0.15, 0.2) is 0 Å². The molecule has 3 nitrogen and oxygen atoms in total. The highest BCUT2D eigenvalue weighted by Crippen LogP contribution is 2.21. The first-order chi connectivity index (χ1) is 6.26. The molecule has 1 fully saturated rings. The second-order valence-electron chi connectivity index (χ2n) is 3.69. The minimum absolute atomic E-state index is 0.184. The molecule has 3 heteroatoms. The first kappa shape index (κ1) is 10.5. The molecule has 0 saturated heterocycles. The Bertz CT molecular complexity index is 170. The van der Waals surface area contributed by atoms with Crippen LogP contribution in [-0.2, 0) is 9.53 Å². The molecular weight excluding hydrogens is 166 g/mol. The van der Waals surface area contributed by atoms with E-state index in [-0.39, 0.29) is 5.91 Å². The highest BCUT2D eigenvalue weighted by Gasteiger charge is 2.25. The predicted octanol–water partition coefficient (Wildman–Crippen LogP) is 1.47. The van der Waals surface area contributed by atoms with Gasteiger partial charge in [0.1, 0.15) is 0 Å². The SMILES string of the molecule is CCCC(=O)NC1CCC(OC)C1. The summed E-state index contributed by atoms with van der Waals surface area (Å²) >= 11 is 0. The van der Waals surface area contributed by atoms with Gasteiger partial charge >= 0.3 is 0 Å². The minimum Gasteiger partial charge on any atom is -0.381 e. The van der Waals surface area contributed by atoms with Gasteiger partial charge in [0.05, 0.1) is 6.10 Å². The fourth-order valence-electron chi connectivity index (χ4n) is 1.81. The molecule has 1 aliphatic rings. The minimum atomic E-state index is 0.184. The number of rotatable bonds is 4. The Morgan fingerprint density at radius 2 is 2.31 bits per heavy atom. The number of methoxy groups -OCH3 is 1. The lowest BCUT2D eigenvalue weighted by Crippen LogP contribution is -2.33. The van der Waals surface area contributed by atoms with Crippen molar-refractivity contribution in [3.63, 3.8) is 0 Å². The largest absolute Gasteiger partial charge is 0.381 e. The van der Waals surface area contributed by atoms with Crippen LogP contribution in [0.4, 0.5) is 0 Å². The molecule has 76 valence electrons. The Morgan fingerprint density at radius 3 is 2.85 bits per heavy atom. The van der Waals surface area contributed by atoms with Crippen LogP contribution < -0.4 is 5.32 Å². The van der Waals surface area contributed by atoms with Crippen LogP contribution in [0.3, 0.4) is 0 Å². The maximum absolute atomic E-state index is 11.2. The quantitative estimate of drug-likeness (QED) is 0.720. The molecular formula is C10H19NO2. The Labute approximate surface area is 79.8 Å². The summed E-state index contributed by atoms with van der Waals surface area (Å²) in [4.78, 5) is 11.2. The van der Waals surface area contributed by atoms with Crippen LogP contribution in [0.5, 0.6) is 0 Å². The van der Waals surface area contributed by atoms with Crippen molar-refractivity contribution in [3.8, 4) is 0 Å². The molecule has 0 aromatic heterocycles. The molecule has 0 aromatic carbocycles. The molecule has 0 heterocycles. The molecule has 1 saturated carbocycles. The lowest BCUT2D eigenvalue weighted by atomic mass is 10.2. The van der Waals surface area contributed by atoms with Crippen molar-refractivity contribution in [3.05, 3.63) is 0 Å². The van der Waals surface area contributed by atoms with Crippen LogP contribution in [0.2, 0.25) is 0 Å². The molecule has 1 N–H and O–H groups in total. The van der Waals surface area contributed by atoms with Crippen LogP contribution in [0, 0.1) is 0 Å². The normalized spacial score (nSPS) is 27.5. The average Bonchev–Trinajstić information content (AvgIpc) is 2.52. The summed E-state index contributed by atoms with van der Waals surface area (Å²) in [5, 5.41) is 3.03. The molecule has 2 atom stereocenters. The molecule has 0 aromatic rings. The fourth-order valence-corrected chi connectivity index (χ4v) is 1.81. The molecule has 1 rings (SSSR count). The molecule has 1 amide bonds. The summed E-state index contributed by atoms with van der Waals surface area (Å²) in [6.07, 6.45) is 5.04. The summed E-state index contributed by atoms with van der Waals surface area (Å²) in [5.74, 6) is 0.184. The van der Waals surface area contributed by atoms with Crippen molar-refractivity contribution in [1.29, 1.82) is 0 Å². The zero-order valence-corrected chi connectivity index (χ0v) is 8.51. The lowest BCUT2D eigenvalue weighted by Gasteiger charge is -2.12. The van der Waals surface area contributed by atoms with Crippen LogP contribution in [0.25, 0.3) is 0 Å². The van der Waals surface area contributed by atoms with Crippen LogP contribution in [0.15, 0.2) is 0 Å². The van der Waals surface area contributed by atoms with Crippen molar-refractivity contribution in [1.82, 2.24) is 5.32 Å². The van der Waals surface area contributed by atoms with Crippen LogP contribution >= 0.6 is 0 Å². The average molecular weight is 185 g/mol. The van der Waals surface area contributed by atoms with Gasteiger partial charge in [0, 0.05) is 19.6 Å². The van der Waals surface area contributed by atoms with E-state index in [9.17, 15) is 4.79 Å². The molecule has 1 aliphatic carbocycles. The van der Waals surface area contributed by atoms with E-state index in [0.717, 1.165) is 25.7 Å². The van der Waals surface area contributed by atoms with Gasteiger partial charge in [-0.3, -0.25) is 4.79 Å². The van der Waals surface area contributed by atoms with E-state index < -0.39 is 0 Å². The smallest absolute Gasteiger partial charge is 0.220 e. The topological polar surface area (TPSA) is 38.3 Å². The zero-order chi connectivity index (χ0) is 9.68. The second-order valence-corrected chi connectivity index (χ2v) is 3.69. The Morgan fingerprint density at radius 1 is 1.54 bits per heavy atom. The molecule has 2 unspecified atom stereocenters. The summed E-state index contributed by atoms with van der Waals surface area (Å²) in [6.45, 7) is 2.02. The number of hydrogen-bond donors (Lipinski definition) is 1. The lowest BCUT2D eigenvalue weighted by molar-refractivity contribution is -0.121. The molecule has 0 aliphatic heterocycles. The van der Waals surface area contributed by atoms with Crippen molar-refractivity contribution in [2.24, 2.45) is 0 Å². The summed E-state index contributed by atoms with van der Waals surface area (Å²) in [7, 11) is 1.74. The van der Waals surface area contributed by atoms with Gasteiger partial charge in [-0.2, -0.15) is 0 Å². The zero-order valence-electron chi connectivity index (χ0n) is 8.51. The highest BCUT2D eigenvalue weighted by atomic mass is 16.5. The Balaban J connectivity index is 2.19. The van der Waals surface area contributed by atoms with Crippen molar-refractivity contribution in [2.75, 3.05) is 7.11 Å². The monoisotopic (exact) mass is 185 g/mol. The number of carbonyl (C=O) groups excluding carboxylic acids is 1. The van der Waals surface area contributed by atoms with Crippen LogP contribution in [0.1, 0.15) is 39.0 Å². The first-order valence-corrected chi connectivity index (χ1v) is 5.08. The van der Waals surface area contributed by atoms with E-state index in [1.807, 2.05) is 6.92 Å². The number of hydrogen-bond acceptors (Lipinski definition) is 2. The van der Waals surface area contributed by atoms with Gasteiger partial charge in [-0.15, -0.1) is 0 Å². The fraction of sp³-hybridized carbons (Fsp3) is 0.900. The standard InChI is InChI=1S/C10H19NO2/c1-3-4-10(12)11-8-5-6-9(7-8)13-2/h8-9H,3-7H2,1-2H3,(H,11,12). The van der Waals surface area contributed by atoms with Crippen molar-refractivity contribution < 1.29 is 9.53 Å². The number of amides is 1. The van der Waals surface area contributed by atoms with E-state index in [0.29, 0.717) is 18.6 Å². The summed E-state index contributed by atoms with van der Waals surface area (Å²) < 4.78 is 5.23. The van der Waals surface area contributed by atoms with Crippen LogP contribution in [-0.4, -0.2) is 25.2 Å². The number of ether oxygens (including phenoxy) is 1. The molecule has 0 radical (unpaired) electrons. The van der Waals surface area contributed by atoms with Gasteiger partial charge in [-0.25, -0.2) is 0 Å². The van der Waals surface area contributed by atoms with Gasteiger partial charge < -0.3 is 10.1 Å². The van der Waals surface area contributed by atoms with Gasteiger partial charge in [-0.1, -0.05) is 6.92 Å². The van der Waals surface area contributed by atoms with Crippen molar-refractivity contribution >= 4 is 5.91 Å².